The van der Waals surface area contributed by atoms with Crippen molar-refractivity contribution < 1.29 is 13.6 Å². The second-order valence-corrected chi connectivity index (χ2v) is 5.14. The molecule has 2 rings (SSSR count). The predicted molar refractivity (Wildman–Crippen MR) is 77.8 cm³/mol. The average Bonchev–Trinajstić information content (AvgIpc) is 2.44. The largest absolute Gasteiger partial charge is 0.298 e. The number of benzene rings is 2. The molecule has 0 unspecified atom stereocenters. The summed E-state index contributed by atoms with van der Waals surface area (Å²) in [7, 11) is 1.84. The van der Waals surface area contributed by atoms with E-state index in [1.165, 1.54) is 24.3 Å². The molecule has 110 valence electrons. The molecule has 2 nitrogen and oxygen atoms in total. The highest BCUT2D eigenvalue weighted by Crippen LogP contribution is 2.07. The van der Waals surface area contributed by atoms with Crippen molar-refractivity contribution in [3.05, 3.63) is 71.3 Å². The van der Waals surface area contributed by atoms with Crippen LogP contribution in [-0.4, -0.2) is 24.3 Å². The van der Waals surface area contributed by atoms with Crippen molar-refractivity contribution >= 4 is 5.78 Å². The van der Waals surface area contributed by atoms with E-state index in [1.807, 2.05) is 11.9 Å². The van der Waals surface area contributed by atoms with Crippen molar-refractivity contribution in [1.29, 1.82) is 0 Å². The first-order valence-electron chi connectivity index (χ1n) is 6.72. The Kier molecular flexibility index (Phi) is 5.17. The zero-order chi connectivity index (χ0) is 15.2. The zero-order valence-electron chi connectivity index (χ0n) is 11.9. The Morgan fingerprint density at radius 2 is 1.38 bits per heavy atom. The molecule has 0 fully saturated rings. The molecule has 4 heteroatoms. The molecule has 0 N–H and O–H groups in total. The number of hydrogen-bond acceptors (Lipinski definition) is 2. The first kappa shape index (κ1) is 15.3. The summed E-state index contributed by atoms with van der Waals surface area (Å²) in [5, 5.41) is 0. The minimum absolute atomic E-state index is 0.0613. The summed E-state index contributed by atoms with van der Waals surface area (Å²) in [6.07, 6.45) is 0.286. The number of hydrogen-bond donors (Lipinski definition) is 0. The first-order valence-corrected chi connectivity index (χ1v) is 6.72. The Balaban J connectivity index is 1.84. The number of ketones is 1. The number of carbonyl (C=O) groups excluding carboxylic acids is 1. The van der Waals surface area contributed by atoms with Crippen molar-refractivity contribution in [3.63, 3.8) is 0 Å². The van der Waals surface area contributed by atoms with Crippen LogP contribution in [0.25, 0.3) is 0 Å². The van der Waals surface area contributed by atoms with Crippen LogP contribution in [0.15, 0.2) is 48.5 Å². The molecule has 0 aliphatic heterocycles. The van der Waals surface area contributed by atoms with Gasteiger partial charge in [-0.05, 0) is 42.4 Å². The van der Waals surface area contributed by atoms with Gasteiger partial charge in [0.15, 0.2) is 5.78 Å². The monoisotopic (exact) mass is 289 g/mol. The fourth-order valence-corrected chi connectivity index (χ4v) is 2.14. The SMILES string of the molecule is CN(CC(=O)Cc1ccc(F)cc1)Cc1ccc(F)cc1. The number of halogens is 2. The lowest BCUT2D eigenvalue weighted by molar-refractivity contribution is -0.119. The van der Waals surface area contributed by atoms with E-state index in [4.69, 9.17) is 0 Å². The van der Waals surface area contributed by atoms with Crippen LogP contribution in [0, 0.1) is 11.6 Å². The molecule has 2 aromatic carbocycles. The molecular weight excluding hydrogens is 272 g/mol. The minimum atomic E-state index is -0.306. The van der Waals surface area contributed by atoms with Crippen LogP contribution in [0.5, 0.6) is 0 Å². The molecule has 0 heterocycles. The topological polar surface area (TPSA) is 20.3 Å². The molecular formula is C17H17F2NO. The normalized spacial score (nSPS) is 10.9. The molecule has 0 aliphatic rings. The number of Topliss-reactive ketones (excluding diaryl/α,β-unsaturated/α-hetero) is 1. The average molecular weight is 289 g/mol. The van der Waals surface area contributed by atoms with Gasteiger partial charge in [0, 0.05) is 13.0 Å². The maximum absolute atomic E-state index is 12.8. The fraction of sp³-hybridized carbons (Fsp3) is 0.235. The summed E-state index contributed by atoms with van der Waals surface area (Å²) in [4.78, 5) is 13.8. The summed E-state index contributed by atoms with van der Waals surface area (Å²) in [6.45, 7) is 0.879. The Morgan fingerprint density at radius 1 is 0.905 bits per heavy atom. The molecule has 21 heavy (non-hydrogen) atoms. The molecule has 0 saturated heterocycles. The zero-order valence-corrected chi connectivity index (χ0v) is 11.9. The smallest absolute Gasteiger partial charge is 0.151 e. The Bertz CT molecular complexity index is 593. The molecule has 0 aromatic heterocycles. The third kappa shape index (κ3) is 5.08. The lowest BCUT2D eigenvalue weighted by atomic mass is 10.1. The summed E-state index contributed by atoms with van der Waals surface area (Å²) in [6, 6.07) is 12.2. The van der Waals surface area contributed by atoms with Gasteiger partial charge in [0.2, 0.25) is 0 Å². The molecule has 2 aromatic rings. The molecule has 0 atom stereocenters. The Labute approximate surface area is 123 Å². The summed E-state index contributed by atoms with van der Waals surface area (Å²) < 4.78 is 25.6. The van der Waals surface area contributed by atoms with Crippen LogP contribution in [0.1, 0.15) is 11.1 Å². The van der Waals surface area contributed by atoms with Gasteiger partial charge >= 0.3 is 0 Å². The van der Waals surface area contributed by atoms with Crippen LogP contribution >= 0.6 is 0 Å². The second-order valence-electron chi connectivity index (χ2n) is 5.14. The maximum Gasteiger partial charge on any atom is 0.151 e. The summed E-state index contributed by atoms with van der Waals surface area (Å²) in [5.41, 5.74) is 1.75. The maximum atomic E-state index is 12.8. The van der Waals surface area contributed by atoms with Crippen molar-refractivity contribution in [1.82, 2.24) is 4.90 Å². The number of likely N-dealkylation sites (N-methyl/N-ethyl adjacent to an activating group) is 1. The van der Waals surface area contributed by atoms with Gasteiger partial charge in [-0.25, -0.2) is 8.78 Å². The van der Waals surface area contributed by atoms with E-state index in [2.05, 4.69) is 0 Å². The van der Waals surface area contributed by atoms with Crippen LogP contribution in [0.4, 0.5) is 8.78 Å². The third-order valence-electron chi connectivity index (χ3n) is 3.13. The molecule has 0 saturated carbocycles. The van der Waals surface area contributed by atoms with Gasteiger partial charge in [0.1, 0.15) is 11.6 Å². The van der Waals surface area contributed by atoms with Crippen molar-refractivity contribution in [2.24, 2.45) is 0 Å². The van der Waals surface area contributed by atoms with E-state index in [0.717, 1.165) is 11.1 Å². The Morgan fingerprint density at radius 3 is 1.90 bits per heavy atom. The van der Waals surface area contributed by atoms with E-state index in [0.29, 0.717) is 13.1 Å². The van der Waals surface area contributed by atoms with Crippen LogP contribution < -0.4 is 0 Å². The van der Waals surface area contributed by atoms with Gasteiger partial charge < -0.3 is 0 Å². The molecule has 0 radical (unpaired) electrons. The van der Waals surface area contributed by atoms with E-state index in [-0.39, 0.29) is 23.8 Å². The van der Waals surface area contributed by atoms with Gasteiger partial charge in [-0.3, -0.25) is 9.69 Å². The number of rotatable bonds is 6. The lowest BCUT2D eigenvalue weighted by Gasteiger charge is -2.15. The second kappa shape index (κ2) is 7.09. The highest BCUT2D eigenvalue weighted by Gasteiger charge is 2.08. The first-order chi connectivity index (χ1) is 10.0. The predicted octanol–water partition coefficient (Wildman–Crippen LogP) is 3.21. The quantitative estimate of drug-likeness (QED) is 0.814. The van der Waals surface area contributed by atoms with Gasteiger partial charge in [0.25, 0.3) is 0 Å². The van der Waals surface area contributed by atoms with Gasteiger partial charge in [-0.15, -0.1) is 0 Å². The lowest BCUT2D eigenvalue weighted by Crippen LogP contribution is -2.26. The molecule has 0 aliphatic carbocycles. The van der Waals surface area contributed by atoms with E-state index in [9.17, 15) is 13.6 Å². The standard InChI is InChI=1S/C17H17F2NO/c1-20(11-14-4-8-16(19)9-5-14)12-17(21)10-13-2-6-15(18)7-3-13/h2-9H,10-12H2,1H3. The highest BCUT2D eigenvalue weighted by atomic mass is 19.1. The molecule has 0 bridgehead atoms. The number of carbonyl (C=O) groups is 1. The fourth-order valence-electron chi connectivity index (χ4n) is 2.14. The highest BCUT2D eigenvalue weighted by molar-refractivity contribution is 5.82. The van der Waals surface area contributed by atoms with E-state index >= 15 is 0 Å². The van der Waals surface area contributed by atoms with E-state index in [1.54, 1.807) is 24.3 Å². The summed E-state index contributed by atoms with van der Waals surface area (Å²) >= 11 is 0. The third-order valence-corrected chi connectivity index (χ3v) is 3.13. The van der Waals surface area contributed by atoms with Crippen molar-refractivity contribution in [2.75, 3.05) is 13.6 Å². The molecule has 0 spiro atoms. The summed E-state index contributed by atoms with van der Waals surface area (Å²) in [5.74, 6) is -0.514. The molecule has 0 amide bonds. The van der Waals surface area contributed by atoms with Crippen LogP contribution in [0.2, 0.25) is 0 Å². The Hall–Kier alpha value is -2.07. The van der Waals surface area contributed by atoms with Gasteiger partial charge in [-0.1, -0.05) is 24.3 Å². The van der Waals surface area contributed by atoms with Crippen LogP contribution in [-0.2, 0) is 17.8 Å². The number of nitrogens with zero attached hydrogens (tertiary/aromatic N) is 1. The van der Waals surface area contributed by atoms with Gasteiger partial charge in [0.05, 0.1) is 6.54 Å². The van der Waals surface area contributed by atoms with Crippen molar-refractivity contribution in [2.45, 2.75) is 13.0 Å². The van der Waals surface area contributed by atoms with E-state index < -0.39 is 0 Å². The van der Waals surface area contributed by atoms with Crippen molar-refractivity contribution in [3.8, 4) is 0 Å². The minimum Gasteiger partial charge on any atom is -0.298 e. The van der Waals surface area contributed by atoms with Gasteiger partial charge in [-0.2, -0.15) is 0 Å². The van der Waals surface area contributed by atoms with Crippen LogP contribution in [0.3, 0.4) is 0 Å².